The van der Waals surface area contributed by atoms with E-state index >= 15 is 0 Å². The highest BCUT2D eigenvalue weighted by Crippen LogP contribution is 2.22. The van der Waals surface area contributed by atoms with Crippen molar-refractivity contribution in [1.29, 1.82) is 0 Å². The minimum Gasteiger partial charge on any atom is -0.352 e. The van der Waals surface area contributed by atoms with Crippen LogP contribution in [0, 0.1) is 17.6 Å². The Kier molecular flexibility index (Phi) is 7.06. The number of benzene rings is 1. The van der Waals surface area contributed by atoms with E-state index in [2.05, 4.69) is 6.92 Å². The third-order valence-corrected chi connectivity index (χ3v) is 4.21. The number of hydrogen-bond donors (Lipinski definition) is 0. The smallest absolute Gasteiger partial charge is 0.177 e. The van der Waals surface area contributed by atoms with Crippen LogP contribution in [0.3, 0.4) is 0 Å². The summed E-state index contributed by atoms with van der Waals surface area (Å²) in [5, 5.41) is -0.157. The van der Waals surface area contributed by atoms with E-state index in [4.69, 9.17) is 21.1 Å². The molecule has 124 valence electrons. The summed E-state index contributed by atoms with van der Waals surface area (Å²) in [6.45, 7) is 3.71. The number of unbranched alkanes of at least 4 members (excludes halogenated alkanes) is 1. The average Bonchev–Trinajstić information content (AvgIpc) is 2.51. The predicted molar refractivity (Wildman–Crippen MR) is 83.0 cm³/mol. The lowest BCUT2D eigenvalue weighted by Crippen LogP contribution is -2.31. The minimum atomic E-state index is -0.976. The Morgan fingerprint density at radius 3 is 2.50 bits per heavy atom. The van der Waals surface area contributed by atoms with Gasteiger partial charge in [-0.25, -0.2) is 8.78 Å². The van der Waals surface area contributed by atoms with Crippen molar-refractivity contribution in [3.8, 4) is 0 Å². The van der Waals surface area contributed by atoms with Crippen molar-refractivity contribution in [1.82, 2.24) is 0 Å². The second-order valence-corrected chi connectivity index (χ2v) is 6.28. The zero-order valence-electron chi connectivity index (χ0n) is 12.9. The highest BCUT2D eigenvalue weighted by Gasteiger charge is 2.21. The molecular weight excluding hydrogens is 310 g/mol. The van der Waals surface area contributed by atoms with Crippen molar-refractivity contribution in [2.24, 2.45) is 5.92 Å². The van der Waals surface area contributed by atoms with Crippen molar-refractivity contribution >= 4 is 11.6 Å². The monoisotopic (exact) mass is 332 g/mol. The summed E-state index contributed by atoms with van der Waals surface area (Å²) in [7, 11) is 0. The standard InChI is InChI=1S/C17H23ClF2O2/c1-2-5-13-10-21-16(22-11-13)7-4-3-6-12-8-14(18)17(20)15(19)9-12/h8-9,13,16H,2-7,10-11H2,1H3. The van der Waals surface area contributed by atoms with Gasteiger partial charge in [-0.3, -0.25) is 0 Å². The predicted octanol–water partition coefficient (Wildman–Crippen LogP) is 5.12. The van der Waals surface area contributed by atoms with E-state index in [0.29, 0.717) is 12.3 Å². The number of aryl methyl sites for hydroxylation is 1. The van der Waals surface area contributed by atoms with Crippen LogP contribution >= 0.6 is 11.6 Å². The molecule has 0 amide bonds. The van der Waals surface area contributed by atoms with E-state index in [1.165, 1.54) is 12.1 Å². The molecule has 22 heavy (non-hydrogen) atoms. The maximum absolute atomic E-state index is 13.2. The van der Waals surface area contributed by atoms with Crippen molar-refractivity contribution in [3.05, 3.63) is 34.4 Å². The fraction of sp³-hybridized carbons (Fsp3) is 0.647. The van der Waals surface area contributed by atoms with Crippen LogP contribution in [0.4, 0.5) is 8.78 Å². The van der Waals surface area contributed by atoms with Crippen molar-refractivity contribution < 1.29 is 18.3 Å². The maximum Gasteiger partial charge on any atom is 0.177 e. The number of halogens is 3. The molecule has 1 aliphatic rings. The summed E-state index contributed by atoms with van der Waals surface area (Å²) in [5.41, 5.74) is 0.720. The van der Waals surface area contributed by atoms with Gasteiger partial charge in [0.15, 0.2) is 17.9 Å². The van der Waals surface area contributed by atoms with Crippen molar-refractivity contribution in [2.75, 3.05) is 13.2 Å². The Balaban J connectivity index is 1.66. The quantitative estimate of drug-likeness (QED) is 0.509. The van der Waals surface area contributed by atoms with E-state index in [1.807, 2.05) is 0 Å². The average molecular weight is 333 g/mol. The Bertz CT molecular complexity index is 451. The SMILES string of the molecule is CCCC1COC(CCCCc2cc(F)c(F)c(Cl)c2)OC1. The van der Waals surface area contributed by atoms with Gasteiger partial charge < -0.3 is 9.47 Å². The summed E-state index contributed by atoms with van der Waals surface area (Å²) >= 11 is 5.64. The summed E-state index contributed by atoms with van der Waals surface area (Å²) in [6, 6.07) is 2.70. The molecule has 1 aromatic carbocycles. The first-order chi connectivity index (χ1) is 10.6. The van der Waals surface area contributed by atoms with Gasteiger partial charge >= 0.3 is 0 Å². The fourth-order valence-corrected chi connectivity index (χ4v) is 2.95. The highest BCUT2D eigenvalue weighted by atomic mass is 35.5. The molecule has 5 heteroatoms. The third kappa shape index (κ3) is 5.18. The first kappa shape index (κ1) is 17.6. The molecule has 1 aliphatic heterocycles. The van der Waals surface area contributed by atoms with Gasteiger partial charge in [-0.1, -0.05) is 24.9 Å². The molecule has 0 unspecified atom stereocenters. The van der Waals surface area contributed by atoms with Gasteiger partial charge in [0, 0.05) is 5.92 Å². The number of rotatable bonds is 7. The van der Waals surface area contributed by atoms with Gasteiger partial charge in [0.1, 0.15) is 0 Å². The Labute approximate surface area is 135 Å². The van der Waals surface area contributed by atoms with Gasteiger partial charge in [-0.15, -0.1) is 0 Å². The zero-order chi connectivity index (χ0) is 15.9. The molecule has 0 bridgehead atoms. The molecule has 0 spiro atoms. The molecule has 2 nitrogen and oxygen atoms in total. The van der Waals surface area contributed by atoms with Gasteiger partial charge in [-0.05, 0) is 49.8 Å². The molecule has 0 saturated carbocycles. The van der Waals surface area contributed by atoms with Gasteiger partial charge in [0.05, 0.1) is 18.2 Å². The van der Waals surface area contributed by atoms with Gasteiger partial charge in [0.2, 0.25) is 0 Å². The fourth-order valence-electron chi connectivity index (χ4n) is 2.72. The maximum atomic E-state index is 13.2. The lowest BCUT2D eigenvalue weighted by Gasteiger charge is -2.29. The Morgan fingerprint density at radius 1 is 1.14 bits per heavy atom. The van der Waals surface area contributed by atoms with Gasteiger partial charge in [0.25, 0.3) is 0 Å². The van der Waals surface area contributed by atoms with Crippen molar-refractivity contribution in [3.63, 3.8) is 0 Å². The molecule has 1 fully saturated rings. The molecule has 1 saturated heterocycles. The molecule has 0 N–H and O–H groups in total. The molecule has 1 heterocycles. The van der Waals surface area contributed by atoms with Crippen LogP contribution in [0.2, 0.25) is 5.02 Å². The van der Waals surface area contributed by atoms with Crippen LogP contribution in [0.5, 0.6) is 0 Å². The second kappa shape index (κ2) is 8.80. The largest absolute Gasteiger partial charge is 0.352 e. The lowest BCUT2D eigenvalue weighted by molar-refractivity contribution is -0.204. The van der Waals surface area contributed by atoms with Crippen LogP contribution in [0.1, 0.15) is 44.6 Å². The molecule has 0 aromatic heterocycles. The van der Waals surface area contributed by atoms with E-state index in [-0.39, 0.29) is 11.3 Å². The molecule has 0 radical (unpaired) electrons. The van der Waals surface area contributed by atoms with Gasteiger partial charge in [-0.2, -0.15) is 0 Å². The first-order valence-electron chi connectivity index (χ1n) is 7.96. The summed E-state index contributed by atoms with van der Waals surface area (Å²) in [4.78, 5) is 0. The van der Waals surface area contributed by atoms with Crippen LogP contribution in [0.15, 0.2) is 12.1 Å². The minimum absolute atomic E-state index is 0.123. The van der Waals surface area contributed by atoms with Crippen LogP contribution in [0.25, 0.3) is 0 Å². The number of ether oxygens (including phenoxy) is 2. The first-order valence-corrected chi connectivity index (χ1v) is 8.34. The van der Waals surface area contributed by atoms with Crippen molar-refractivity contribution in [2.45, 2.75) is 51.7 Å². The normalized spacial score (nSPS) is 22.0. The summed E-state index contributed by atoms with van der Waals surface area (Å²) in [6.07, 6.45) is 5.45. The molecule has 2 rings (SSSR count). The summed E-state index contributed by atoms with van der Waals surface area (Å²) in [5.74, 6) is -1.34. The van der Waals surface area contributed by atoms with E-state index in [1.54, 1.807) is 0 Å². The Hall–Kier alpha value is -0.710. The van der Waals surface area contributed by atoms with E-state index in [9.17, 15) is 8.78 Å². The third-order valence-electron chi connectivity index (χ3n) is 3.93. The van der Waals surface area contributed by atoms with Crippen LogP contribution in [-0.2, 0) is 15.9 Å². The van der Waals surface area contributed by atoms with E-state index < -0.39 is 11.6 Å². The Morgan fingerprint density at radius 2 is 1.86 bits per heavy atom. The lowest BCUT2D eigenvalue weighted by atomic mass is 10.0. The summed E-state index contributed by atoms with van der Waals surface area (Å²) < 4.78 is 37.7. The molecular formula is C17H23ClF2O2. The molecule has 1 aromatic rings. The second-order valence-electron chi connectivity index (χ2n) is 5.87. The molecule has 0 atom stereocenters. The topological polar surface area (TPSA) is 18.5 Å². The highest BCUT2D eigenvalue weighted by molar-refractivity contribution is 6.30. The molecule has 0 aliphatic carbocycles. The zero-order valence-corrected chi connectivity index (χ0v) is 13.7. The number of hydrogen-bond acceptors (Lipinski definition) is 2. The van der Waals surface area contributed by atoms with Crippen LogP contribution < -0.4 is 0 Å². The van der Waals surface area contributed by atoms with E-state index in [0.717, 1.165) is 50.9 Å². The van der Waals surface area contributed by atoms with Crippen LogP contribution in [-0.4, -0.2) is 19.5 Å².